The standard InChI is InChI=1S/C48H30N2O/c1-4-13-31(14-5-1)34-23-24-36-28-37(26-25-35(36)27-34)44-30-43(33-17-8-3-9-18-33)49-48(50-44)42-29-41-38(32-15-6-2-7-16-32)20-12-21-39(41)47-46(42)40-19-10-11-22-45(40)51-47/h1-30H. The number of furan rings is 1. The van der Waals surface area contributed by atoms with Gasteiger partial charge in [-0.2, -0.15) is 0 Å². The highest BCUT2D eigenvalue weighted by Gasteiger charge is 2.21. The largest absolute Gasteiger partial charge is 0.455 e. The van der Waals surface area contributed by atoms with E-state index in [0.717, 1.165) is 77.3 Å². The van der Waals surface area contributed by atoms with E-state index in [1.54, 1.807) is 0 Å². The molecule has 0 fully saturated rings. The van der Waals surface area contributed by atoms with E-state index in [2.05, 4.69) is 164 Å². The molecule has 0 unspecified atom stereocenters. The molecule has 2 aromatic heterocycles. The molecule has 0 saturated carbocycles. The smallest absolute Gasteiger partial charge is 0.161 e. The summed E-state index contributed by atoms with van der Waals surface area (Å²) in [6, 6.07) is 63.8. The summed E-state index contributed by atoms with van der Waals surface area (Å²) in [4.78, 5) is 10.7. The molecule has 0 N–H and O–H groups in total. The average molecular weight is 651 g/mol. The Morgan fingerprint density at radius 2 is 0.941 bits per heavy atom. The Balaban J connectivity index is 1.23. The molecule has 8 aromatic carbocycles. The number of nitrogens with zero attached hydrogens (tertiary/aromatic N) is 2. The highest BCUT2D eigenvalue weighted by Crippen LogP contribution is 2.43. The number of rotatable bonds is 5. The monoisotopic (exact) mass is 650 g/mol. The van der Waals surface area contributed by atoms with Gasteiger partial charge in [0, 0.05) is 32.8 Å². The van der Waals surface area contributed by atoms with Crippen LogP contribution >= 0.6 is 0 Å². The third-order valence-electron chi connectivity index (χ3n) is 9.87. The topological polar surface area (TPSA) is 38.9 Å². The summed E-state index contributed by atoms with van der Waals surface area (Å²) in [7, 11) is 0. The molecular weight excluding hydrogens is 621 g/mol. The van der Waals surface area contributed by atoms with Gasteiger partial charge in [0.25, 0.3) is 0 Å². The van der Waals surface area contributed by atoms with Crippen LogP contribution in [0.3, 0.4) is 0 Å². The second kappa shape index (κ2) is 11.9. The second-order valence-electron chi connectivity index (χ2n) is 13.0. The maximum Gasteiger partial charge on any atom is 0.161 e. The molecule has 0 radical (unpaired) electrons. The molecular formula is C48H30N2O. The van der Waals surface area contributed by atoms with Gasteiger partial charge >= 0.3 is 0 Å². The molecule has 0 aliphatic rings. The first-order chi connectivity index (χ1) is 25.3. The van der Waals surface area contributed by atoms with Gasteiger partial charge in [-0.15, -0.1) is 0 Å². The van der Waals surface area contributed by atoms with E-state index in [9.17, 15) is 0 Å². The summed E-state index contributed by atoms with van der Waals surface area (Å²) in [5, 5.41) is 6.58. The minimum absolute atomic E-state index is 0.659. The molecule has 0 spiro atoms. The fourth-order valence-corrected chi connectivity index (χ4v) is 7.37. The Morgan fingerprint density at radius 3 is 1.69 bits per heavy atom. The molecule has 0 saturated heterocycles. The summed E-state index contributed by atoms with van der Waals surface area (Å²) < 4.78 is 6.68. The van der Waals surface area contributed by atoms with Gasteiger partial charge in [0.15, 0.2) is 5.82 Å². The third kappa shape index (κ3) is 5.06. The molecule has 238 valence electrons. The van der Waals surface area contributed by atoms with Gasteiger partial charge < -0.3 is 4.42 Å². The van der Waals surface area contributed by atoms with Crippen molar-refractivity contribution >= 4 is 43.5 Å². The molecule has 3 heteroatoms. The van der Waals surface area contributed by atoms with Crippen molar-refractivity contribution in [3.05, 3.63) is 182 Å². The highest BCUT2D eigenvalue weighted by molar-refractivity contribution is 6.22. The van der Waals surface area contributed by atoms with E-state index in [-0.39, 0.29) is 0 Å². The fourth-order valence-electron chi connectivity index (χ4n) is 7.37. The number of benzene rings is 8. The highest BCUT2D eigenvalue weighted by atomic mass is 16.3. The van der Waals surface area contributed by atoms with Crippen LogP contribution in [0.5, 0.6) is 0 Å². The van der Waals surface area contributed by atoms with Gasteiger partial charge in [-0.25, -0.2) is 9.97 Å². The minimum Gasteiger partial charge on any atom is -0.455 e. The van der Waals surface area contributed by atoms with E-state index >= 15 is 0 Å². The van der Waals surface area contributed by atoms with Gasteiger partial charge in [-0.1, -0.05) is 152 Å². The average Bonchev–Trinajstić information content (AvgIpc) is 3.61. The molecule has 10 aromatic rings. The van der Waals surface area contributed by atoms with E-state index in [1.165, 1.54) is 16.5 Å². The summed E-state index contributed by atoms with van der Waals surface area (Å²) in [6.45, 7) is 0. The van der Waals surface area contributed by atoms with Gasteiger partial charge in [-0.05, 0) is 68.7 Å². The number of para-hydroxylation sites is 1. The Hall–Kier alpha value is -6.84. The zero-order chi connectivity index (χ0) is 33.7. The first-order valence-corrected chi connectivity index (χ1v) is 17.2. The van der Waals surface area contributed by atoms with Crippen LogP contribution in [0.25, 0.3) is 99.6 Å². The molecule has 0 bridgehead atoms. The lowest BCUT2D eigenvalue weighted by atomic mass is 9.93. The summed E-state index contributed by atoms with van der Waals surface area (Å²) >= 11 is 0. The van der Waals surface area contributed by atoms with Crippen LogP contribution in [0.1, 0.15) is 0 Å². The second-order valence-corrected chi connectivity index (χ2v) is 13.0. The molecule has 0 aliphatic carbocycles. The number of fused-ring (bicyclic) bond motifs is 6. The van der Waals surface area contributed by atoms with Crippen LogP contribution in [0.4, 0.5) is 0 Å². The van der Waals surface area contributed by atoms with Crippen LogP contribution in [-0.2, 0) is 0 Å². The van der Waals surface area contributed by atoms with Crippen molar-refractivity contribution in [1.82, 2.24) is 9.97 Å². The predicted molar refractivity (Wildman–Crippen MR) is 212 cm³/mol. The van der Waals surface area contributed by atoms with Crippen molar-refractivity contribution in [1.29, 1.82) is 0 Å². The molecule has 51 heavy (non-hydrogen) atoms. The van der Waals surface area contributed by atoms with Gasteiger partial charge in [-0.3, -0.25) is 0 Å². The van der Waals surface area contributed by atoms with Gasteiger partial charge in [0.1, 0.15) is 11.2 Å². The van der Waals surface area contributed by atoms with Crippen LogP contribution < -0.4 is 0 Å². The molecule has 0 atom stereocenters. The lowest BCUT2D eigenvalue weighted by Crippen LogP contribution is -1.97. The predicted octanol–water partition coefficient (Wildman–Crippen LogP) is 13.0. The minimum atomic E-state index is 0.659. The third-order valence-corrected chi connectivity index (χ3v) is 9.87. The van der Waals surface area contributed by atoms with Crippen LogP contribution in [-0.4, -0.2) is 9.97 Å². The summed E-state index contributed by atoms with van der Waals surface area (Å²) in [5.41, 5.74) is 11.1. The zero-order valence-electron chi connectivity index (χ0n) is 27.6. The van der Waals surface area contributed by atoms with E-state index in [4.69, 9.17) is 14.4 Å². The fraction of sp³-hybridized carbons (Fsp3) is 0. The summed E-state index contributed by atoms with van der Waals surface area (Å²) in [5.74, 6) is 0.659. The van der Waals surface area contributed by atoms with Gasteiger partial charge in [0.2, 0.25) is 0 Å². The number of aromatic nitrogens is 2. The zero-order valence-corrected chi connectivity index (χ0v) is 27.6. The van der Waals surface area contributed by atoms with Gasteiger partial charge in [0.05, 0.1) is 11.4 Å². The van der Waals surface area contributed by atoms with Crippen molar-refractivity contribution in [3.8, 4) is 56.2 Å². The number of hydrogen-bond donors (Lipinski definition) is 0. The molecule has 0 aliphatic heterocycles. The first-order valence-electron chi connectivity index (χ1n) is 17.2. The Labute approximate surface area is 295 Å². The molecule has 10 rings (SSSR count). The maximum atomic E-state index is 6.68. The molecule has 0 amide bonds. The van der Waals surface area contributed by atoms with E-state index in [0.29, 0.717) is 5.82 Å². The van der Waals surface area contributed by atoms with Crippen LogP contribution in [0.2, 0.25) is 0 Å². The first kappa shape index (κ1) is 29.1. The van der Waals surface area contributed by atoms with Crippen LogP contribution in [0, 0.1) is 0 Å². The number of hydrogen-bond acceptors (Lipinski definition) is 3. The van der Waals surface area contributed by atoms with Crippen molar-refractivity contribution in [2.75, 3.05) is 0 Å². The van der Waals surface area contributed by atoms with Crippen molar-refractivity contribution in [2.45, 2.75) is 0 Å². The lowest BCUT2D eigenvalue weighted by molar-refractivity contribution is 0.672. The van der Waals surface area contributed by atoms with Crippen molar-refractivity contribution in [3.63, 3.8) is 0 Å². The van der Waals surface area contributed by atoms with Crippen molar-refractivity contribution < 1.29 is 4.42 Å². The van der Waals surface area contributed by atoms with Crippen LogP contribution in [0.15, 0.2) is 186 Å². The normalized spacial score (nSPS) is 11.5. The van der Waals surface area contributed by atoms with Crippen molar-refractivity contribution in [2.24, 2.45) is 0 Å². The Bertz CT molecular complexity index is 2890. The van der Waals surface area contributed by atoms with E-state index in [1.807, 2.05) is 18.2 Å². The maximum absolute atomic E-state index is 6.68. The Morgan fingerprint density at radius 1 is 0.353 bits per heavy atom. The molecule has 3 nitrogen and oxygen atoms in total. The lowest BCUT2D eigenvalue weighted by Gasteiger charge is -2.13. The SMILES string of the molecule is c1ccc(-c2ccc3cc(-c4cc(-c5ccccc5)nc(-c5cc6c(-c7ccccc7)cccc6c6oc7ccccc7c56)n4)ccc3c2)cc1. The quantitative estimate of drug-likeness (QED) is 0.186. The summed E-state index contributed by atoms with van der Waals surface area (Å²) in [6.07, 6.45) is 0. The molecule has 2 heterocycles. The van der Waals surface area contributed by atoms with E-state index < -0.39 is 0 Å². The Kier molecular flexibility index (Phi) is 6.81.